The van der Waals surface area contributed by atoms with E-state index in [0.717, 1.165) is 16.3 Å². The molecule has 0 aromatic heterocycles. The van der Waals surface area contributed by atoms with Crippen LogP contribution in [0, 0.1) is 5.92 Å². The molecule has 0 radical (unpaired) electrons. The van der Waals surface area contributed by atoms with E-state index >= 15 is 0 Å². The number of aliphatic hydroxyl groups is 1. The van der Waals surface area contributed by atoms with Crippen LogP contribution >= 0.6 is 19.8 Å². The molecule has 0 saturated heterocycles. The van der Waals surface area contributed by atoms with Crippen molar-refractivity contribution in [2.24, 2.45) is 5.92 Å². The van der Waals surface area contributed by atoms with E-state index in [-0.39, 0.29) is 6.10 Å². The summed E-state index contributed by atoms with van der Waals surface area (Å²) in [6.07, 6.45) is 3.73. The van der Waals surface area contributed by atoms with Crippen molar-refractivity contribution in [3.05, 3.63) is 0 Å². The first kappa shape index (κ1) is 9.78. The van der Waals surface area contributed by atoms with Crippen LogP contribution in [0.2, 0.25) is 0 Å². The second kappa shape index (κ2) is 4.08. The van der Waals surface area contributed by atoms with E-state index in [4.69, 9.17) is 0 Å². The summed E-state index contributed by atoms with van der Waals surface area (Å²) >= 11 is -0.745. The Morgan fingerprint density at radius 2 is 1.91 bits per heavy atom. The molecule has 1 aliphatic carbocycles. The minimum absolute atomic E-state index is 0.0407. The predicted octanol–water partition coefficient (Wildman–Crippen LogP) is 2.30. The number of hydrogen-bond donors (Lipinski definition) is 1. The second-order valence-corrected chi connectivity index (χ2v) is 10.1. The quantitative estimate of drug-likeness (QED) is 0.572. The maximum atomic E-state index is 9.75. The van der Waals surface area contributed by atoms with Gasteiger partial charge < -0.3 is 0 Å². The monoisotopic (exact) mass is 270 g/mol. The van der Waals surface area contributed by atoms with Crippen molar-refractivity contribution >= 4 is 19.8 Å². The Balaban J connectivity index is 2.44. The normalized spacial score (nSPS) is 40.4. The van der Waals surface area contributed by atoms with Gasteiger partial charge in [-0.15, -0.1) is 0 Å². The van der Waals surface area contributed by atoms with Crippen LogP contribution < -0.4 is 0 Å². The molecule has 0 bridgehead atoms. The van der Waals surface area contributed by atoms with Gasteiger partial charge in [-0.3, -0.25) is 0 Å². The molecule has 0 amide bonds. The summed E-state index contributed by atoms with van der Waals surface area (Å²) in [5.41, 5.74) is 0. The van der Waals surface area contributed by atoms with Gasteiger partial charge in [0.2, 0.25) is 0 Å². The van der Waals surface area contributed by atoms with Crippen molar-refractivity contribution in [2.45, 2.75) is 36.2 Å². The second-order valence-electron chi connectivity index (χ2n) is 3.82. The molecule has 0 spiro atoms. The molecule has 1 rings (SSSR count). The van der Waals surface area contributed by atoms with Crippen LogP contribution in [0.4, 0.5) is 0 Å². The van der Waals surface area contributed by atoms with Crippen molar-refractivity contribution in [1.82, 2.24) is 0 Å². The maximum absolute atomic E-state index is 9.75. The van der Waals surface area contributed by atoms with Gasteiger partial charge >= 0.3 is 76.9 Å². The van der Waals surface area contributed by atoms with E-state index in [1.54, 1.807) is 0 Å². The number of aliphatic hydroxyl groups excluding tert-OH is 1. The minimum atomic E-state index is -0.745. The van der Waals surface area contributed by atoms with Gasteiger partial charge in [0.1, 0.15) is 0 Å². The predicted molar refractivity (Wildman–Crippen MR) is 58.7 cm³/mol. The third-order valence-electron chi connectivity index (χ3n) is 2.56. The molecular formula is C9H19IO. The average Bonchev–Trinajstić information content (AvgIpc) is 1.85. The SMILES string of the molecule is C[C@@H]1CC[C@@H](I(C)C)[C@@H](O)C1. The van der Waals surface area contributed by atoms with Gasteiger partial charge in [0.25, 0.3) is 0 Å². The number of rotatable bonds is 1. The fourth-order valence-corrected chi connectivity index (χ4v) is 5.38. The van der Waals surface area contributed by atoms with Crippen LogP contribution in [0.3, 0.4) is 0 Å². The summed E-state index contributed by atoms with van der Waals surface area (Å²) in [4.78, 5) is 4.74. The molecule has 0 aromatic carbocycles. The summed E-state index contributed by atoms with van der Waals surface area (Å²) in [6.45, 7) is 2.25. The number of alkyl halides is 3. The van der Waals surface area contributed by atoms with Crippen LogP contribution in [0.5, 0.6) is 0 Å². The average molecular weight is 270 g/mol. The first-order valence-electron chi connectivity index (χ1n) is 4.28. The molecule has 2 heteroatoms. The van der Waals surface area contributed by atoms with Gasteiger partial charge in [-0.2, -0.15) is 0 Å². The molecule has 0 aliphatic heterocycles. The number of halogens is 1. The summed E-state index contributed by atoms with van der Waals surface area (Å²) in [5.74, 6) is 0.761. The van der Waals surface area contributed by atoms with Gasteiger partial charge in [-0.1, -0.05) is 0 Å². The van der Waals surface area contributed by atoms with Crippen molar-refractivity contribution in [3.8, 4) is 0 Å². The van der Waals surface area contributed by atoms with E-state index < -0.39 is 19.8 Å². The fourth-order valence-electron chi connectivity index (χ4n) is 1.82. The molecule has 0 unspecified atom stereocenters. The van der Waals surface area contributed by atoms with Crippen molar-refractivity contribution < 1.29 is 5.11 Å². The van der Waals surface area contributed by atoms with Gasteiger partial charge in [0, 0.05) is 0 Å². The molecule has 0 aromatic rings. The Labute approximate surface area is 77.0 Å². The topological polar surface area (TPSA) is 20.2 Å². The zero-order valence-corrected chi connectivity index (χ0v) is 9.84. The van der Waals surface area contributed by atoms with E-state index in [2.05, 4.69) is 16.8 Å². The van der Waals surface area contributed by atoms with Gasteiger partial charge in [-0.05, 0) is 0 Å². The fraction of sp³-hybridized carbons (Fsp3) is 1.00. The first-order valence-corrected chi connectivity index (χ1v) is 9.84. The third-order valence-corrected chi connectivity index (χ3v) is 7.21. The molecule has 1 aliphatic rings. The molecular weight excluding hydrogens is 251 g/mol. The zero-order valence-electron chi connectivity index (χ0n) is 7.68. The van der Waals surface area contributed by atoms with Crippen LogP contribution in [0.1, 0.15) is 26.2 Å². The van der Waals surface area contributed by atoms with Gasteiger partial charge in [-0.25, -0.2) is 0 Å². The first-order chi connectivity index (χ1) is 5.11. The summed E-state index contributed by atoms with van der Waals surface area (Å²) in [6, 6.07) is 0. The van der Waals surface area contributed by atoms with Gasteiger partial charge in [0.15, 0.2) is 0 Å². The molecule has 1 nitrogen and oxygen atoms in total. The Hall–Kier alpha value is 0.690. The number of hydrogen-bond acceptors (Lipinski definition) is 1. The Morgan fingerprint density at radius 3 is 2.36 bits per heavy atom. The van der Waals surface area contributed by atoms with Crippen LogP contribution in [-0.2, 0) is 0 Å². The molecule has 1 fully saturated rings. The molecule has 11 heavy (non-hydrogen) atoms. The zero-order chi connectivity index (χ0) is 8.43. The Morgan fingerprint density at radius 1 is 1.27 bits per heavy atom. The molecule has 68 valence electrons. The van der Waals surface area contributed by atoms with Crippen molar-refractivity contribution in [2.75, 3.05) is 9.86 Å². The molecule has 1 saturated carbocycles. The van der Waals surface area contributed by atoms with E-state index in [9.17, 15) is 5.11 Å². The van der Waals surface area contributed by atoms with E-state index in [1.807, 2.05) is 0 Å². The third kappa shape index (κ3) is 2.58. The molecule has 1 N–H and O–H groups in total. The van der Waals surface area contributed by atoms with E-state index in [0.29, 0.717) is 0 Å². The Bertz CT molecular complexity index is 125. The molecule has 0 heterocycles. The van der Waals surface area contributed by atoms with Crippen LogP contribution in [-0.4, -0.2) is 25.0 Å². The Kier molecular flexibility index (Phi) is 3.62. The summed E-state index contributed by atoms with van der Waals surface area (Å²) < 4.78 is 0.718. The van der Waals surface area contributed by atoms with Gasteiger partial charge in [0.05, 0.1) is 0 Å². The van der Waals surface area contributed by atoms with Crippen LogP contribution in [0.25, 0.3) is 0 Å². The standard InChI is InChI=1S/C9H19IO/c1-7-4-5-8(10(2)3)9(11)6-7/h7-9,11H,4-6H2,1-3H3/t7-,8-,9+/m1/s1. The van der Waals surface area contributed by atoms with Crippen molar-refractivity contribution in [3.63, 3.8) is 0 Å². The summed E-state index contributed by atoms with van der Waals surface area (Å²) in [5, 5.41) is 9.75. The van der Waals surface area contributed by atoms with Crippen LogP contribution in [0.15, 0.2) is 0 Å². The van der Waals surface area contributed by atoms with E-state index in [1.165, 1.54) is 12.8 Å². The molecule has 3 atom stereocenters. The van der Waals surface area contributed by atoms with Crippen molar-refractivity contribution in [1.29, 1.82) is 0 Å². The summed E-state index contributed by atoms with van der Waals surface area (Å²) in [7, 11) is 0.